The molecule has 18 heavy (non-hydrogen) atoms. The highest BCUT2D eigenvalue weighted by Crippen LogP contribution is 2.31. The van der Waals surface area contributed by atoms with E-state index >= 15 is 0 Å². The number of nitriles is 1. The summed E-state index contributed by atoms with van der Waals surface area (Å²) >= 11 is 0. The molecule has 0 aliphatic carbocycles. The number of carbonyl (C=O) groups excluding carboxylic acids is 1. The van der Waals surface area contributed by atoms with Crippen LogP contribution in [-0.2, 0) is 9.05 Å². The van der Waals surface area contributed by atoms with Crippen molar-refractivity contribution in [2.75, 3.05) is 0 Å². The van der Waals surface area contributed by atoms with Gasteiger partial charge in [-0.05, 0) is 12.1 Å². The van der Waals surface area contributed by atoms with Gasteiger partial charge >= 0.3 is 6.61 Å². The minimum Gasteiger partial charge on any atom is -0.433 e. The molecule has 1 aromatic carbocycles. The van der Waals surface area contributed by atoms with Gasteiger partial charge in [-0.15, -0.1) is 0 Å². The van der Waals surface area contributed by atoms with Gasteiger partial charge in [-0.3, -0.25) is 4.79 Å². The first-order chi connectivity index (χ1) is 8.31. The van der Waals surface area contributed by atoms with E-state index in [2.05, 4.69) is 4.74 Å². The lowest BCUT2D eigenvalue weighted by atomic mass is 10.1. The third kappa shape index (κ3) is 2.94. The van der Waals surface area contributed by atoms with Gasteiger partial charge in [-0.1, -0.05) is 0 Å². The number of halogens is 3. The van der Waals surface area contributed by atoms with Crippen molar-refractivity contribution in [2.45, 2.75) is 11.5 Å². The fourth-order valence-corrected chi connectivity index (χ4v) is 2.25. The molecule has 0 saturated heterocycles. The standard InChI is InChI=1S/C9H4ClF2NO4S/c10-18(15,16)7-2-1-5(3-13)8(6(7)4-14)17-9(11)12/h1-2,4,9H. The highest BCUT2D eigenvalue weighted by atomic mass is 35.7. The van der Waals surface area contributed by atoms with Crippen LogP contribution in [0.5, 0.6) is 5.75 Å². The predicted molar refractivity (Wildman–Crippen MR) is 56.2 cm³/mol. The van der Waals surface area contributed by atoms with E-state index in [1.165, 1.54) is 6.07 Å². The van der Waals surface area contributed by atoms with Crippen LogP contribution in [0, 0.1) is 11.3 Å². The van der Waals surface area contributed by atoms with E-state index in [4.69, 9.17) is 15.9 Å². The second kappa shape index (κ2) is 5.29. The summed E-state index contributed by atoms with van der Waals surface area (Å²) < 4.78 is 50.5. The average Bonchev–Trinajstić information content (AvgIpc) is 2.26. The van der Waals surface area contributed by atoms with Crippen LogP contribution in [0.3, 0.4) is 0 Å². The van der Waals surface area contributed by atoms with Gasteiger partial charge < -0.3 is 4.74 Å². The van der Waals surface area contributed by atoms with Gasteiger partial charge in [-0.25, -0.2) is 8.42 Å². The van der Waals surface area contributed by atoms with Crippen LogP contribution in [0.15, 0.2) is 17.0 Å². The largest absolute Gasteiger partial charge is 0.433 e. The van der Waals surface area contributed by atoms with E-state index in [9.17, 15) is 22.0 Å². The molecule has 0 fully saturated rings. The van der Waals surface area contributed by atoms with Gasteiger partial charge in [0.2, 0.25) is 0 Å². The predicted octanol–water partition coefficient (Wildman–Crippen LogP) is 1.90. The molecular formula is C9H4ClF2NO4S. The topological polar surface area (TPSA) is 84.2 Å². The molecular weight excluding hydrogens is 292 g/mol. The van der Waals surface area contributed by atoms with Crippen LogP contribution in [0.25, 0.3) is 0 Å². The number of aldehydes is 1. The third-order valence-electron chi connectivity index (χ3n) is 1.86. The van der Waals surface area contributed by atoms with E-state index in [-0.39, 0.29) is 6.29 Å². The normalized spacial score (nSPS) is 11.1. The Labute approximate surface area is 105 Å². The van der Waals surface area contributed by atoms with Crippen molar-refractivity contribution in [1.29, 1.82) is 5.26 Å². The summed E-state index contributed by atoms with van der Waals surface area (Å²) in [6.45, 7) is -3.32. The monoisotopic (exact) mass is 295 g/mol. The maximum atomic E-state index is 12.2. The van der Waals surface area contributed by atoms with E-state index in [1.54, 1.807) is 0 Å². The smallest absolute Gasteiger partial charge is 0.387 e. The van der Waals surface area contributed by atoms with Crippen molar-refractivity contribution in [1.82, 2.24) is 0 Å². The number of carbonyl (C=O) groups is 1. The lowest BCUT2D eigenvalue weighted by Gasteiger charge is -2.11. The Morgan fingerprint density at radius 2 is 2.06 bits per heavy atom. The Hall–Kier alpha value is -1.72. The van der Waals surface area contributed by atoms with E-state index in [0.717, 1.165) is 12.1 Å². The van der Waals surface area contributed by atoms with Crippen molar-refractivity contribution < 1.29 is 26.7 Å². The van der Waals surface area contributed by atoms with Gasteiger partial charge in [0.1, 0.15) is 6.07 Å². The first-order valence-corrected chi connectivity index (χ1v) is 6.54. The van der Waals surface area contributed by atoms with Crippen molar-refractivity contribution >= 4 is 26.0 Å². The fourth-order valence-electron chi connectivity index (χ4n) is 1.21. The van der Waals surface area contributed by atoms with Crippen molar-refractivity contribution in [3.8, 4) is 11.8 Å². The van der Waals surface area contributed by atoms with Crippen LogP contribution in [0.2, 0.25) is 0 Å². The van der Waals surface area contributed by atoms with E-state index in [1.807, 2.05) is 0 Å². The number of ether oxygens (including phenoxy) is 1. The summed E-state index contributed by atoms with van der Waals surface area (Å²) in [7, 11) is 0.712. The molecule has 5 nitrogen and oxygen atoms in total. The Kier molecular flexibility index (Phi) is 4.21. The maximum absolute atomic E-state index is 12.2. The van der Waals surface area contributed by atoms with Gasteiger partial charge in [0.25, 0.3) is 9.05 Å². The number of hydrogen-bond acceptors (Lipinski definition) is 5. The number of alkyl halides is 2. The Morgan fingerprint density at radius 1 is 1.44 bits per heavy atom. The zero-order valence-corrected chi connectivity index (χ0v) is 10.0. The van der Waals surface area contributed by atoms with Crippen molar-refractivity contribution in [2.24, 2.45) is 0 Å². The summed E-state index contributed by atoms with van der Waals surface area (Å²) in [6, 6.07) is 3.28. The van der Waals surface area contributed by atoms with Crippen molar-refractivity contribution in [3.63, 3.8) is 0 Å². The first kappa shape index (κ1) is 14.3. The highest BCUT2D eigenvalue weighted by molar-refractivity contribution is 8.13. The summed E-state index contributed by atoms with van der Waals surface area (Å²) in [5.74, 6) is -0.816. The molecule has 0 amide bonds. The molecule has 0 unspecified atom stereocenters. The summed E-state index contributed by atoms with van der Waals surface area (Å²) in [4.78, 5) is 10.1. The Bertz CT molecular complexity index is 624. The van der Waals surface area contributed by atoms with E-state index in [0.29, 0.717) is 0 Å². The molecule has 9 heteroatoms. The number of benzene rings is 1. The second-order valence-electron chi connectivity index (χ2n) is 2.90. The third-order valence-corrected chi connectivity index (χ3v) is 3.24. The van der Waals surface area contributed by atoms with Gasteiger partial charge in [0, 0.05) is 10.7 Å². The maximum Gasteiger partial charge on any atom is 0.387 e. The minimum atomic E-state index is -4.32. The number of nitrogens with zero attached hydrogens (tertiary/aromatic N) is 1. The summed E-state index contributed by atoms with van der Waals surface area (Å²) in [5.41, 5.74) is -1.12. The van der Waals surface area contributed by atoms with E-state index < -0.39 is 37.4 Å². The van der Waals surface area contributed by atoms with Crippen LogP contribution in [0.4, 0.5) is 8.78 Å². The molecule has 0 N–H and O–H groups in total. The van der Waals surface area contributed by atoms with Crippen LogP contribution in [0.1, 0.15) is 15.9 Å². The lowest BCUT2D eigenvalue weighted by molar-refractivity contribution is -0.0504. The average molecular weight is 296 g/mol. The van der Waals surface area contributed by atoms with Crippen LogP contribution in [-0.4, -0.2) is 21.3 Å². The zero-order chi connectivity index (χ0) is 13.9. The molecule has 0 aliphatic heterocycles. The molecule has 0 atom stereocenters. The first-order valence-electron chi connectivity index (χ1n) is 4.23. The molecule has 0 saturated carbocycles. The van der Waals surface area contributed by atoms with Gasteiger partial charge in [0.05, 0.1) is 16.0 Å². The molecule has 0 radical (unpaired) electrons. The Balaban J connectivity index is 3.64. The lowest BCUT2D eigenvalue weighted by Crippen LogP contribution is -2.09. The van der Waals surface area contributed by atoms with Crippen LogP contribution >= 0.6 is 10.7 Å². The number of rotatable bonds is 4. The summed E-state index contributed by atoms with van der Waals surface area (Å²) in [5, 5.41) is 8.67. The SMILES string of the molecule is N#Cc1ccc(S(=O)(=O)Cl)c(C=O)c1OC(F)F. The second-order valence-corrected chi connectivity index (χ2v) is 5.43. The minimum absolute atomic E-state index is 0.0200. The summed E-state index contributed by atoms with van der Waals surface area (Å²) in [6.07, 6.45) is -0.0200. The molecule has 0 aromatic heterocycles. The fraction of sp³-hybridized carbons (Fsp3) is 0.111. The highest BCUT2D eigenvalue weighted by Gasteiger charge is 2.23. The molecule has 0 spiro atoms. The molecule has 1 aromatic rings. The number of hydrogen-bond donors (Lipinski definition) is 0. The Morgan fingerprint density at radius 3 is 2.44 bits per heavy atom. The molecule has 1 rings (SSSR count). The van der Waals surface area contributed by atoms with Gasteiger partial charge in [-0.2, -0.15) is 14.0 Å². The van der Waals surface area contributed by atoms with Crippen molar-refractivity contribution in [3.05, 3.63) is 23.3 Å². The molecule has 0 aliphatic rings. The molecule has 0 heterocycles. The quantitative estimate of drug-likeness (QED) is 0.625. The molecule has 96 valence electrons. The van der Waals surface area contributed by atoms with Crippen LogP contribution < -0.4 is 4.74 Å². The van der Waals surface area contributed by atoms with Gasteiger partial charge in [0.15, 0.2) is 12.0 Å². The zero-order valence-electron chi connectivity index (χ0n) is 8.43. The molecule has 0 bridgehead atoms.